The molecule has 0 aromatic heterocycles. The van der Waals surface area contributed by atoms with Crippen molar-refractivity contribution in [1.82, 2.24) is 0 Å². The van der Waals surface area contributed by atoms with Gasteiger partial charge in [-0.1, -0.05) is 33.3 Å². The highest BCUT2D eigenvalue weighted by Crippen LogP contribution is 2.14. The molecular weight excluding hydrogens is 318 g/mol. The van der Waals surface area contributed by atoms with Crippen molar-refractivity contribution in [2.45, 2.75) is 46.0 Å². The number of rotatable bonds is 14. The highest BCUT2D eigenvalue weighted by Gasteiger charge is 2.27. The van der Waals surface area contributed by atoms with Crippen LogP contribution in [0.1, 0.15) is 46.0 Å². The van der Waals surface area contributed by atoms with Gasteiger partial charge >= 0.3 is 5.97 Å². The predicted octanol–water partition coefficient (Wildman–Crippen LogP) is 2.41. The molecule has 0 spiro atoms. The van der Waals surface area contributed by atoms with E-state index in [2.05, 4.69) is 20.4 Å². The second-order valence-corrected chi connectivity index (χ2v) is 7.53. The monoisotopic (exact) mass is 350 g/mol. The summed E-state index contributed by atoms with van der Waals surface area (Å²) in [5.74, 6) is -0.662. The molecule has 0 aromatic rings. The molecule has 0 aliphatic carbocycles. The number of quaternary nitrogens is 1. The van der Waals surface area contributed by atoms with Crippen LogP contribution in [0.3, 0.4) is 0 Å². The average molecular weight is 351 g/mol. The molecule has 7 heteroatoms. The van der Waals surface area contributed by atoms with Crippen molar-refractivity contribution in [3.8, 4) is 0 Å². The van der Waals surface area contributed by atoms with Crippen LogP contribution in [-0.2, 0) is 19.6 Å². The van der Waals surface area contributed by atoms with Crippen molar-refractivity contribution >= 4 is 16.1 Å². The van der Waals surface area contributed by atoms with Crippen LogP contribution in [0.2, 0.25) is 0 Å². The maximum absolute atomic E-state index is 11.2. The standard InChI is InChI=1S/C16H31NO5S/c1-4-7-10-17(11-8-5-2,12-9-15-23(19,20)21)13-14-22-16(18)6-3/h6H,3-5,7-15H2,1-2H3/p+1. The molecule has 0 bridgehead atoms. The number of ether oxygens (including phenoxy) is 1. The Bertz CT molecular complexity index is 439. The van der Waals surface area contributed by atoms with Crippen LogP contribution < -0.4 is 0 Å². The van der Waals surface area contributed by atoms with E-state index in [-0.39, 0.29) is 5.75 Å². The highest BCUT2D eigenvalue weighted by molar-refractivity contribution is 7.85. The van der Waals surface area contributed by atoms with Gasteiger partial charge in [0, 0.05) is 12.5 Å². The Hall–Kier alpha value is -0.920. The minimum Gasteiger partial charge on any atom is -0.457 e. The van der Waals surface area contributed by atoms with Gasteiger partial charge in [-0.3, -0.25) is 4.55 Å². The predicted molar refractivity (Wildman–Crippen MR) is 91.7 cm³/mol. The number of hydrogen-bond donors (Lipinski definition) is 1. The zero-order valence-corrected chi connectivity index (χ0v) is 15.3. The zero-order chi connectivity index (χ0) is 17.8. The third kappa shape index (κ3) is 11.3. The first-order valence-corrected chi connectivity index (χ1v) is 9.99. The number of unbranched alkanes of at least 4 members (excludes halogenated alkanes) is 2. The van der Waals surface area contributed by atoms with Crippen LogP contribution in [0.5, 0.6) is 0 Å². The van der Waals surface area contributed by atoms with Gasteiger partial charge in [0.2, 0.25) is 0 Å². The molecule has 0 saturated heterocycles. The molecule has 0 aromatic carbocycles. The smallest absolute Gasteiger partial charge is 0.330 e. The largest absolute Gasteiger partial charge is 0.457 e. The van der Waals surface area contributed by atoms with Gasteiger partial charge in [-0.2, -0.15) is 8.42 Å². The molecule has 0 heterocycles. The van der Waals surface area contributed by atoms with Gasteiger partial charge in [-0.25, -0.2) is 4.79 Å². The second kappa shape index (κ2) is 11.6. The summed E-state index contributed by atoms with van der Waals surface area (Å²) in [5.41, 5.74) is 0. The summed E-state index contributed by atoms with van der Waals surface area (Å²) in [7, 11) is -3.93. The summed E-state index contributed by atoms with van der Waals surface area (Å²) < 4.78 is 36.7. The Labute approximate surface area is 140 Å². The maximum Gasteiger partial charge on any atom is 0.330 e. The fourth-order valence-corrected chi connectivity index (χ4v) is 3.13. The van der Waals surface area contributed by atoms with E-state index >= 15 is 0 Å². The summed E-state index contributed by atoms with van der Waals surface area (Å²) in [6.07, 6.45) is 5.72. The summed E-state index contributed by atoms with van der Waals surface area (Å²) in [4.78, 5) is 11.2. The van der Waals surface area contributed by atoms with Gasteiger partial charge in [0.25, 0.3) is 10.1 Å². The summed E-state index contributed by atoms with van der Waals surface area (Å²) in [6, 6.07) is 0. The minimum absolute atomic E-state index is 0.225. The third-order valence-corrected chi connectivity index (χ3v) is 4.79. The Morgan fingerprint density at radius 1 is 1.09 bits per heavy atom. The van der Waals surface area contributed by atoms with Crippen molar-refractivity contribution in [2.75, 3.05) is 38.5 Å². The van der Waals surface area contributed by atoms with E-state index in [4.69, 9.17) is 9.29 Å². The van der Waals surface area contributed by atoms with Gasteiger partial charge < -0.3 is 9.22 Å². The number of nitrogens with zero attached hydrogens (tertiary/aromatic N) is 1. The van der Waals surface area contributed by atoms with Crippen molar-refractivity contribution in [1.29, 1.82) is 0 Å². The summed E-state index contributed by atoms with van der Waals surface area (Å²) in [6.45, 7) is 11.1. The highest BCUT2D eigenvalue weighted by atomic mass is 32.2. The zero-order valence-electron chi connectivity index (χ0n) is 14.5. The van der Waals surface area contributed by atoms with E-state index < -0.39 is 16.1 Å². The van der Waals surface area contributed by atoms with Crippen molar-refractivity contribution in [3.05, 3.63) is 12.7 Å². The molecule has 0 radical (unpaired) electrons. The van der Waals surface area contributed by atoms with E-state index in [0.29, 0.717) is 26.1 Å². The van der Waals surface area contributed by atoms with Crippen molar-refractivity contribution < 1.29 is 27.0 Å². The lowest BCUT2D eigenvalue weighted by molar-refractivity contribution is -0.928. The van der Waals surface area contributed by atoms with Crippen LogP contribution in [-0.4, -0.2) is 62.0 Å². The van der Waals surface area contributed by atoms with Gasteiger partial charge in [0.15, 0.2) is 0 Å². The number of carbonyl (C=O) groups excluding carboxylic acids is 1. The first-order chi connectivity index (χ1) is 10.8. The first-order valence-electron chi connectivity index (χ1n) is 8.38. The van der Waals surface area contributed by atoms with Gasteiger partial charge in [0.1, 0.15) is 13.2 Å². The van der Waals surface area contributed by atoms with Crippen molar-refractivity contribution in [3.63, 3.8) is 0 Å². The fourth-order valence-electron chi connectivity index (χ4n) is 2.64. The average Bonchev–Trinajstić information content (AvgIpc) is 2.49. The normalized spacial score (nSPS) is 12.1. The molecule has 0 saturated carbocycles. The van der Waals surface area contributed by atoms with Gasteiger partial charge in [0.05, 0.1) is 25.4 Å². The Kier molecular flexibility index (Phi) is 11.1. The van der Waals surface area contributed by atoms with Crippen LogP contribution in [0.15, 0.2) is 12.7 Å². The Morgan fingerprint density at radius 2 is 1.61 bits per heavy atom. The minimum atomic E-state index is -3.93. The molecule has 0 amide bonds. The van der Waals surface area contributed by atoms with Crippen LogP contribution in [0.25, 0.3) is 0 Å². The molecule has 23 heavy (non-hydrogen) atoms. The molecule has 0 aliphatic heterocycles. The lowest BCUT2D eigenvalue weighted by Gasteiger charge is -2.39. The molecule has 0 aliphatic rings. The number of hydrogen-bond acceptors (Lipinski definition) is 4. The first kappa shape index (κ1) is 22.1. The van der Waals surface area contributed by atoms with Gasteiger partial charge in [-0.05, 0) is 12.8 Å². The molecule has 6 nitrogen and oxygen atoms in total. The van der Waals surface area contributed by atoms with E-state index in [0.717, 1.165) is 49.3 Å². The van der Waals surface area contributed by atoms with Crippen molar-refractivity contribution in [2.24, 2.45) is 0 Å². The molecule has 0 fully saturated rings. The van der Waals surface area contributed by atoms with E-state index in [1.54, 1.807) is 0 Å². The maximum atomic E-state index is 11.2. The fraction of sp³-hybridized carbons (Fsp3) is 0.812. The molecule has 136 valence electrons. The van der Waals surface area contributed by atoms with Crippen LogP contribution >= 0.6 is 0 Å². The topological polar surface area (TPSA) is 80.7 Å². The number of carbonyl (C=O) groups is 1. The van der Waals surface area contributed by atoms with Crippen LogP contribution in [0, 0.1) is 0 Å². The quantitative estimate of drug-likeness (QED) is 0.225. The molecule has 0 rings (SSSR count). The second-order valence-electron chi connectivity index (χ2n) is 5.95. The van der Waals surface area contributed by atoms with E-state index in [1.165, 1.54) is 0 Å². The summed E-state index contributed by atoms with van der Waals surface area (Å²) >= 11 is 0. The van der Waals surface area contributed by atoms with E-state index in [1.807, 2.05) is 0 Å². The molecule has 0 atom stereocenters. The lowest BCUT2D eigenvalue weighted by Crippen LogP contribution is -2.52. The summed E-state index contributed by atoms with van der Waals surface area (Å²) in [5, 5.41) is 0. The Morgan fingerprint density at radius 3 is 2.04 bits per heavy atom. The third-order valence-electron chi connectivity index (χ3n) is 3.98. The number of esters is 1. The molecule has 1 N–H and O–H groups in total. The van der Waals surface area contributed by atoms with Crippen LogP contribution in [0.4, 0.5) is 0 Å². The molecule has 0 unspecified atom stereocenters. The lowest BCUT2D eigenvalue weighted by atomic mass is 10.2. The Balaban J connectivity index is 4.83. The SMILES string of the molecule is C=CC(=O)OCC[N+](CCCC)(CCCC)CCCS(=O)(=O)O. The molecular formula is C16H32NO5S+. The van der Waals surface area contributed by atoms with E-state index in [9.17, 15) is 13.2 Å². The van der Waals surface area contributed by atoms with Gasteiger partial charge in [-0.15, -0.1) is 0 Å².